The van der Waals surface area contributed by atoms with Gasteiger partial charge in [-0.1, -0.05) is 65.3 Å². The maximum atomic E-state index is 14.6. The highest BCUT2D eigenvalue weighted by atomic mass is 79.9. The van der Waals surface area contributed by atoms with Crippen molar-refractivity contribution in [2.75, 3.05) is 13.2 Å². The normalized spacial score (nSPS) is 14.3. The molecule has 40 heavy (non-hydrogen) atoms. The first-order valence-electron chi connectivity index (χ1n) is 12.5. The Morgan fingerprint density at radius 2 is 1.75 bits per heavy atom. The van der Waals surface area contributed by atoms with E-state index in [4.69, 9.17) is 15.6 Å². The zero-order valence-corrected chi connectivity index (χ0v) is 23.1. The Labute approximate surface area is 238 Å². The Kier molecular flexibility index (Phi) is 9.64. The Morgan fingerprint density at radius 1 is 1.10 bits per heavy atom. The molecular weight excluding hydrogens is 586 g/mol. The van der Waals surface area contributed by atoms with Crippen LogP contribution in [-0.4, -0.2) is 45.4 Å². The van der Waals surface area contributed by atoms with Crippen LogP contribution in [0.3, 0.4) is 0 Å². The lowest BCUT2D eigenvalue weighted by Gasteiger charge is -2.26. The first-order chi connectivity index (χ1) is 19.2. The monoisotopic (exact) mass is 614 g/mol. The number of ether oxygens (including phenoxy) is 1. The number of rotatable bonds is 11. The fourth-order valence-electron chi connectivity index (χ4n) is 4.21. The van der Waals surface area contributed by atoms with Crippen LogP contribution in [0.1, 0.15) is 41.9 Å². The Morgan fingerprint density at radius 3 is 2.38 bits per heavy atom. The SMILES string of the molecule is C[C@@H](c1ccccc1)[C@H](NC(=O)C(N)c1ccc(OCC(O)CO)cc1)c1ncc(-c2c(F)cc(Br)cc2F)[nH]1. The molecule has 0 spiro atoms. The molecule has 0 radical (unpaired) electrons. The van der Waals surface area contributed by atoms with Gasteiger partial charge >= 0.3 is 0 Å². The quantitative estimate of drug-likeness (QED) is 0.169. The molecule has 3 aromatic carbocycles. The van der Waals surface area contributed by atoms with Gasteiger partial charge in [-0.05, 0) is 35.4 Å². The molecule has 11 heteroatoms. The van der Waals surface area contributed by atoms with Gasteiger partial charge in [0.2, 0.25) is 5.91 Å². The lowest BCUT2D eigenvalue weighted by molar-refractivity contribution is -0.123. The second-order valence-corrected chi connectivity index (χ2v) is 10.2. The number of carbonyl (C=O) groups is 1. The summed E-state index contributed by atoms with van der Waals surface area (Å²) in [6.45, 7) is 1.40. The predicted molar refractivity (Wildman–Crippen MR) is 149 cm³/mol. The summed E-state index contributed by atoms with van der Waals surface area (Å²) >= 11 is 3.08. The number of nitrogens with zero attached hydrogens (tertiary/aromatic N) is 1. The van der Waals surface area contributed by atoms with Gasteiger partial charge in [0.1, 0.15) is 42.0 Å². The fourth-order valence-corrected chi connectivity index (χ4v) is 4.61. The van der Waals surface area contributed by atoms with Crippen LogP contribution in [-0.2, 0) is 4.79 Å². The molecule has 4 atom stereocenters. The van der Waals surface area contributed by atoms with Gasteiger partial charge in [0.25, 0.3) is 0 Å². The molecule has 0 aliphatic rings. The molecule has 0 aliphatic heterocycles. The number of aromatic amines is 1. The van der Waals surface area contributed by atoms with Crippen molar-refractivity contribution in [1.82, 2.24) is 15.3 Å². The zero-order valence-electron chi connectivity index (χ0n) is 21.5. The van der Waals surface area contributed by atoms with Crippen molar-refractivity contribution in [3.05, 3.63) is 106 Å². The largest absolute Gasteiger partial charge is 0.491 e. The molecule has 4 rings (SSSR count). The van der Waals surface area contributed by atoms with Gasteiger partial charge in [0.05, 0.1) is 30.1 Å². The van der Waals surface area contributed by atoms with E-state index in [1.165, 1.54) is 6.20 Å². The van der Waals surface area contributed by atoms with Crippen molar-refractivity contribution in [1.29, 1.82) is 0 Å². The van der Waals surface area contributed by atoms with Crippen molar-refractivity contribution in [2.24, 2.45) is 5.73 Å². The van der Waals surface area contributed by atoms with E-state index in [2.05, 4.69) is 31.2 Å². The molecule has 0 saturated carbocycles. The third kappa shape index (κ3) is 6.92. The Bertz CT molecular complexity index is 1410. The minimum atomic E-state index is -1.04. The lowest BCUT2D eigenvalue weighted by atomic mass is 9.92. The molecule has 0 saturated heterocycles. The first kappa shape index (κ1) is 29.3. The lowest BCUT2D eigenvalue weighted by Crippen LogP contribution is -2.39. The van der Waals surface area contributed by atoms with Crippen LogP contribution >= 0.6 is 15.9 Å². The van der Waals surface area contributed by atoms with E-state index in [-0.39, 0.29) is 28.3 Å². The Hall–Kier alpha value is -3.64. The summed E-state index contributed by atoms with van der Waals surface area (Å²) < 4.78 is 34.9. The van der Waals surface area contributed by atoms with Gasteiger partial charge in [0.15, 0.2) is 0 Å². The van der Waals surface area contributed by atoms with Gasteiger partial charge in [-0.3, -0.25) is 4.79 Å². The number of aliphatic hydroxyl groups is 2. The molecule has 4 aromatic rings. The molecule has 8 nitrogen and oxygen atoms in total. The predicted octanol–water partition coefficient (Wildman–Crippen LogP) is 4.51. The van der Waals surface area contributed by atoms with E-state index in [9.17, 15) is 18.7 Å². The number of nitrogens with two attached hydrogens (primary N) is 1. The van der Waals surface area contributed by atoms with E-state index in [0.717, 1.165) is 17.7 Å². The number of imidazole rings is 1. The van der Waals surface area contributed by atoms with E-state index < -0.39 is 42.3 Å². The van der Waals surface area contributed by atoms with Crippen LogP contribution in [0.4, 0.5) is 8.78 Å². The third-order valence-corrected chi connectivity index (χ3v) is 6.92. The summed E-state index contributed by atoms with van der Waals surface area (Å²) in [7, 11) is 0. The standard InChI is InChI=1S/C29H29BrF2N4O4/c1-16(17-5-3-2-4-6-17)27(28-34-13-24(35-28)25-22(31)11-19(30)12-23(25)32)36-29(39)26(33)18-7-9-21(10-8-18)40-15-20(38)14-37/h2-13,16,20,26-27,37-38H,14-15,33H2,1H3,(H,34,35)(H,36,39)/t16-,20?,26?,27-/m0/s1. The van der Waals surface area contributed by atoms with Crippen LogP contribution in [0, 0.1) is 11.6 Å². The Balaban J connectivity index is 1.58. The maximum Gasteiger partial charge on any atom is 0.242 e. The minimum absolute atomic E-state index is 0.0827. The highest BCUT2D eigenvalue weighted by Crippen LogP contribution is 2.33. The number of aliphatic hydroxyl groups excluding tert-OH is 2. The van der Waals surface area contributed by atoms with Crippen LogP contribution in [0.5, 0.6) is 5.75 Å². The number of amides is 1. The molecule has 6 N–H and O–H groups in total. The number of hydrogen-bond acceptors (Lipinski definition) is 6. The fraction of sp³-hybridized carbons (Fsp3) is 0.241. The van der Waals surface area contributed by atoms with Gasteiger partial charge in [-0.2, -0.15) is 0 Å². The molecule has 0 bridgehead atoms. The topological polar surface area (TPSA) is 133 Å². The number of H-pyrrole nitrogens is 1. The highest BCUT2D eigenvalue weighted by molar-refractivity contribution is 9.10. The van der Waals surface area contributed by atoms with Crippen LogP contribution in [0.2, 0.25) is 0 Å². The summed E-state index contributed by atoms with van der Waals surface area (Å²) in [5.41, 5.74) is 7.58. The van der Waals surface area contributed by atoms with Crippen LogP contribution in [0.25, 0.3) is 11.3 Å². The molecule has 1 amide bonds. The van der Waals surface area contributed by atoms with Crippen molar-refractivity contribution in [3.63, 3.8) is 0 Å². The van der Waals surface area contributed by atoms with Gasteiger partial charge in [0, 0.05) is 10.4 Å². The first-order valence-corrected chi connectivity index (χ1v) is 13.3. The van der Waals surface area contributed by atoms with Crippen molar-refractivity contribution >= 4 is 21.8 Å². The smallest absolute Gasteiger partial charge is 0.242 e. The third-order valence-electron chi connectivity index (χ3n) is 6.46. The summed E-state index contributed by atoms with van der Waals surface area (Å²) in [6, 6.07) is 16.5. The van der Waals surface area contributed by atoms with Crippen LogP contribution < -0.4 is 15.8 Å². The van der Waals surface area contributed by atoms with Crippen molar-refractivity contribution in [3.8, 4) is 17.0 Å². The average molecular weight is 615 g/mol. The van der Waals surface area contributed by atoms with Crippen molar-refractivity contribution in [2.45, 2.75) is 31.0 Å². The molecule has 0 aliphatic carbocycles. The van der Waals surface area contributed by atoms with Gasteiger partial charge in [-0.15, -0.1) is 0 Å². The number of halogens is 3. The number of carbonyl (C=O) groups excluding carboxylic acids is 1. The van der Waals surface area contributed by atoms with E-state index >= 15 is 0 Å². The van der Waals surface area contributed by atoms with E-state index in [0.29, 0.717) is 17.1 Å². The summed E-state index contributed by atoms with van der Waals surface area (Å²) in [4.78, 5) is 20.7. The molecule has 1 heterocycles. The van der Waals surface area contributed by atoms with E-state index in [1.54, 1.807) is 24.3 Å². The van der Waals surface area contributed by atoms with Gasteiger partial charge < -0.3 is 31.0 Å². The number of hydrogen-bond donors (Lipinski definition) is 5. The van der Waals surface area contributed by atoms with E-state index in [1.807, 2.05) is 37.3 Å². The minimum Gasteiger partial charge on any atom is -0.491 e. The zero-order chi connectivity index (χ0) is 28.8. The molecule has 210 valence electrons. The molecule has 1 aromatic heterocycles. The summed E-state index contributed by atoms with van der Waals surface area (Å²) in [5.74, 6) is -1.56. The molecule has 2 unspecified atom stereocenters. The summed E-state index contributed by atoms with van der Waals surface area (Å²) in [6.07, 6.45) is 0.323. The average Bonchev–Trinajstić information content (AvgIpc) is 3.43. The van der Waals surface area contributed by atoms with Gasteiger partial charge in [-0.25, -0.2) is 13.8 Å². The van der Waals surface area contributed by atoms with Crippen LogP contribution in [0.15, 0.2) is 77.4 Å². The summed E-state index contributed by atoms with van der Waals surface area (Å²) in [5, 5.41) is 21.3. The number of benzene rings is 3. The second kappa shape index (κ2) is 13.1. The molecule has 0 fully saturated rings. The number of aromatic nitrogens is 2. The second-order valence-electron chi connectivity index (χ2n) is 9.31. The van der Waals surface area contributed by atoms with Crippen molar-refractivity contribution < 1.29 is 28.5 Å². The highest BCUT2D eigenvalue weighted by Gasteiger charge is 2.29. The molecular formula is C29H29BrF2N4O4. The number of nitrogens with one attached hydrogen (secondary N) is 2. The maximum absolute atomic E-state index is 14.6.